The lowest BCUT2D eigenvalue weighted by atomic mass is 10.3. The second-order valence-electron chi connectivity index (χ2n) is 4.50. The van der Waals surface area contributed by atoms with Crippen LogP contribution in [0.5, 0.6) is 0 Å². The van der Waals surface area contributed by atoms with Gasteiger partial charge in [-0.3, -0.25) is 4.79 Å². The molecule has 2 aromatic rings. The van der Waals surface area contributed by atoms with Crippen LogP contribution in [0.4, 0.5) is 0 Å². The minimum Gasteiger partial charge on any atom is -0.481 e. The minimum atomic E-state index is -0.935. The Morgan fingerprint density at radius 2 is 1.62 bits per heavy atom. The molecule has 0 radical (unpaired) electrons. The molecule has 6 heteroatoms. The number of carboxylic acids is 1. The summed E-state index contributed by atoms with van der Waals surface area (Å²) in [6.45, 7) is 0.528. The first kappa shape index (κ1) is 15.1. The molecule has 0 aliphatic heterocycles. The van der Waals surface area contributed by atoms with Gasteiger partial charge in [-0.1, -0.05) is 0 Å². The highest BCUT2D eigenvalue weighted by Gasteiger charge is 2.07. The molecule has 21 heavy (non-hydrogen) atoms. The van der Waals surface area contributed by atoms with Crippen LogP contribution in [0.2, 0.25) is 0 Å². The number of carbonyl (C=O) groups is 2. The maximum Gasteiger partial charge on any atom is 0.311 e. The van der Waals surface area contributed by atoms with Crippen molar-refractivity contribution in [2.75, 3.05) is 0 Å². The summed E-state index contributed by atoms with van der Waals surface area (Å²) < 4.78 is 16.2. The third kappa shape index (κ3) is 4.92. The summed E-state index contributed by atoms with van der Waals surface area (Å²) in [5, 5.41) is 8.64. The first-order valence-corrected chi connectivity index (χ1v) is 6.55. The number of furan rings is 2. The standard InChI is InChI=1S/C15H16O6/c16-7-1-2-11-3-5-13(20-11)9-19-10-14-6-4-12(21-14)8-15(17)18/h3-7H,1-2,8-10H2,(H,17,18). The number of hydrogen-bond acceptors (Lipinski definition) is 5. The Kier molecular flexibility index (Phi) is 5.34. The highest BCUT2D eigenvalue weighted by atomic mass is 16.5. The number of ether oxygens (including phenoxy) is 1. The molecule has 0 aliphatic carbocycles. The van der Waals surface area contributed by atoms with E-state index in [0.29, 0.717) is 30.1 Å². The molecular formula is C15H16O6. The van der Waals surface area contributed by atoms with Crippen molar-refractivity contribution in [3.05, 3.63) is 47.3 Å². The molecule has 0 aromatic carbocycles. The number of carboxylic acid groups (broad SMARTS) is 1. The van der Waals surface area contributed by atoms with Gasteiger partial charge in [0, 0.05) is 12.8 Å². The Balaban J connectivity index is 1.76. The van der Waals surface area contributed by atoms with Crippen LogP contribution in [0.1, 0.15) is 29.5 Å². The van der Waals surface area contributed by atoms with E-state index in [4.69, 9.17) is 18.7 Å². The van der Waals surface area contributed by atoms with Gasteiger partial charge in [-0.2, -0.15) is 0 Å². The molecular weight excluding hydrogens is 276 g/mol. The Bertz CT molecular complexity index is 595. The molecule has 0 spiro atoms. The van der Waals surface area contributed by atoms with E-state index in [1.807, 2.05) is 6.07 Å². The summed E-state index contributed by atoms with van der Waals surface area (Å²) >= 11 is 0. The largest absolute Gasteiger partial charge is 0.481 e. The summed E-state index contributed by atoms with van der Waals surface area (Å²) in [6.07, 6.45) is 1.73. The van der Waals surface area contributed by atoms with Gasteiger partial charge in [-0.25, -0.2) is 0 Å². The fourth-order valence-electron chi connectivity index (χ4n) is 1.83. The number of aldehydes is 1. The number of aryl methyl sites for hydroxylation is 1. The van der Waals surface area contributed by atoms with Crippen molar-refractivity contribution in [3.63, 3.8) is 0 Å². The molecule has 0 unspecified atom stereocenters. The number of aliphatic carboxylic acids is 1. The van der Waals surface area contributed by atoms with E-state index >= 15 is 0 Å². The van der Waals surface area contributed by atoms with Crippen LogP contribution in [0.25, 0.3) is 0 Å². The summed E-state index contributed by atoms with van der Waals surface area (Å²) in [5.41, 5.74) is 0. The molecule has 0 saturated heterocycles. The first-order valence-electron chi connectivity index (χ1n) is 6.55. The fraction of sp³-hybridized carbons (Fsp3) is 0.333. The smallest absolute Gasteiger partial charge is 0.311 e. The third-order valence-electron chi connectivity index (χ3n) is 2.76. The van der Waals surface area contributed by atoms with Crippen LogP contribution in [0, 0.1) is 0 Å². The zero-order valence-corrected chi connectivity index (χ0v) is 11.4. The molecule has 112 valence electrons. The van der Waals surface area contributed by atoms with Crippen LogP contribution in [-0.4, -0.2) is 17.4 Å². The molecule has 0 atom stereocenters. The second kappa shape index (κ2) is 7.44. The Labute approximate surface area is 121 Å². The lowest BCUT2D eigenvalue weighted by Gasteiger charge is -1.99. The van der Waals surface area contributed by atoms with E-state index in [1.165, 1.54) is 0 Å². The quantitative estimate of drug-likeness (QED) is 0.713. The zero-order valence-electron chi connectivity index (χ0n) is 11.4. The van der Waals surface area contributed by atoms with Crippen LogP contribution in [0.3, 0.4) is 0 Å². The summed E-state index contributed by atoms with van der Waals surface area (Å²) in [6, 6.07) is 6.94. The molecule has 0 amide bonds. The normalized spacial score (nSPS) is 10.7. The van der Waals surface area contributed by atoms with E-state index in [1.54, 1.807) is 18.2 Å². The average Bonchev–Trinajstić information content (AvgIpc) is 3.06. The van der Waals surface area contributed by atoms with Gasteiger partial charge in [0.1, 0.15) is 49.0 Å². The van der Waals surface area contributed by atoms with E-state index in [0.717, 1.165) is 12.0 Å². The molecule has 0 bridgehead atoms. The number of carbonyl (C=O) groups excluding carboxylic acids is 1. The van der Waals surface area contributed by atoms with Gasteiger partial charge in [-0.05, 0) is 24.3 Å². The fourth-order valence-corrected chi connectivity index (χ4v) is 1.83. The highest BCUT2D eigenvalue weighted by molar-refractivity contribution is 5.69. The van der Waals surface area contributed by atoms with Gasteiger partial charge in [0.25, 0.3) is 0 Å². The van der Waals surface area contributed by atoms with E-state index < -0.39 is 5.97 Å². The number of rotatable bonds is 9. The lowest BCUT2D eigenvalue weighted by Crippen LogP contribution is -1.98. The molecule has 2 rings (SSSR count). The topological polar surface area (TPSA) is 89.9 Å². The second-order valence-corrected chi connectivity index (χ2v) is 4.50. The predicted octanol–water partition coefficient (Wildman–Crippen LogP) is 2.35. The lowest BCUT2D eigenvalue weighted by molar-refractivity contribution is -0.136. The maximum absolute atomic E-state index is 10.5. The minimum absolute atomic E-state index is 0.141. The monoisotopic (exact) mass is 292 g/mol. The SMILES string of the molecule is O=CCCc1ccc(COCc2ccc(CC(=O)O)o2)o1. The molecule has 0 fully saturated rings. The van der Waals surface area contributed by atoms with Crippen molar-refractivity contribution in [3.8, 4) is 0 Å². The summed E-state index contributed by atoms with van der Waals surface area (Å²) in [5.74, 6) is 1.46. The molecule has 0 saturated carbocycles. The molecule has 6 nitrogen and oxygen atoms in total. The third-order valence-corrected chi connectivity index (χ3v) is 2.76. The highest BCUT2D eigenvalue weighted by Crippen LogP contribution is 2.13. The van der Waals surface area contributed by atoms with Gasteiger partial charge in [0.05, 0.1) is 0 Å². The predicted molar refractivity (Wildman–Crippen MR) is 71.6 cm³/mol. The van der Waals surface area contributed by atoms with Crippen LogP contribution in [0.15, 0.2) is 33.1 Å². The Morgan fingerprint density at radius 3 is 2.24 bits per heavy atom. The first-order chi connectivity index (χ1) is 10.2. The maximum atomic E-state index is 10.5. The van der Waals surface area contributed by atoms with Gasteiger partial charge in [0.2, 0.25) is 0 Å². The van der Waals surface area contributed by atoms with Crippen LogP contribution < -0.4 is 0 Å². The summed E-state index contributed by atoms with van der Waals surface area (Å²) in [4.78, 5) is 20.8. The van der Waals surface area contributed by atoms with Crippen molar-refractivity contribution in [2.45, 2.75) is 32.5 Å². The van der Waals surface area contributed by atoms with Gasteiger partial charge < -0.3 is 23.5 Å². The Hall–Kier alpha value is -2.34. The van der Waals surface area contributed by atoms with Gasteiger partial charge in [0.15, 0.2) is 0 Å². The van der Waals surface area contributed by atoms with Crippen molar-refractivity contribution in [1.82, 2.24) is 0 Å². The van der Waals surface area contributed by atoms with Crippen molar-refractivity contribution >= 4 is 12.3 Å². The average molecular weight is 292 g/mol. The van der Waals surface area contributed by atoms with Crippen molar-refractivity contribution < 1.29 is 28.3 Å². The Morgan fingerprint density at radius 1 is 1.05 bits per heavy atom. The zero-order chi connectivity index (χ0) is 15.1. The van der Waals surface area contributed by atoms with Crippen molar-refractivity contribution in [1.29, 1.82) is 0 Å². The van der Waals surface area contributed by atoms with Crippen molar-refractivity contribution in [2.24, 2.45) is 0 Å². The van der Waals surface area contributed by atoms with Crippen LogP contribution >= 0.6 is 0 Å². The van der Waals surface area contributed by atoms with E-state index in [2.05, 4.69) is 0 Å². The number of hydrogen-bond donors (Lipinski definition) is 1. The molecule has 2 heterocycles. The van der Waals surface area contributed by atoms with E-state index in [9.17, 15) is 9.59 Å². The van der Waals surface area contributed by atoms with E-state index in [-0.39, 0.29) is 19.6 Å². The van der Waals surface area contributed by atoms with Crippen LogP contribution in [-0.2, 0) is 40.4 Å². The van der Waals surface area contributed by atoms with Gasteiger partial charge >= 0.3 is 5.97 Å². The summed E-state index contributed by atoms with van der Waals surface area (Å²) in [7, 11) is 0. The molecule has 1 N–H and O–H groups in total. The molecule has 2 aromatic heterocycles. The molecule has 0 aliphatic rings. The van der Waals surface area contributed by atoms with Gasteiger partial charge in [-0.15, -0.1) is 0 Å².